The normalized spacial score (nSPS) is 23.1. The largest absolute Gasteiger partial charge is 0.457 e. The highest BCUT2D eigenvalue weighted by Crippen LogP contribution is 2.32. The maximum Gasteiger partial charge on any atom is 0.303 e. The summed E-state index contributed by atoms with van der Waals surface area (Å²) in [4.78, 5) is 12.4. The summed E-state index contributed by atoms with van der Waals surface area (Å²) in [5.41, 5.74) is 3.04. The Hall–Kier alpha value is -2.85. The van der Waals surface area contributed by atoms with Crippen molar-refractivity contribution in [3.05, 3.63) is 108 Å². The Balaban J connectivity index is 1.60. The molecule has 0 radical (unpaired) electrons. The molecule has 1 heterocycles. The molecule has 5 atom stereocenters. The molecular weight excluding hydrogens is 524 g/mol. The number of hydrogen-bond donors (Lipinski definition) is 0. The van der Waals surface area contributed by atoms with E-state index in [-0.39, 0.29) is 6.61 Å². The first-order valence-corrected chi connectivity index (χ1v) is 17.1. The standard InChI is InChI=1S/C32H40O7Si/c1-24(33)37-30-29(35-21-26-16-10-6-11-17-26)28(23-34-20-25-14-8-5-9-15-25)38-32(39-40(2,3)4)31(30)36-22-27-18-12-7-13-19-27/h5-19,28-32H,20-23H2,1-4H3/t28-,29+,30+,31-,32+/m1/s1. The molecule has 0 saturated carbocycles. The van der Waals surface area contributed by atoms with E-state index in [9.17, 15) is 4.79 Å². The maximum atomic E-state index is 12.4. The van der Waals surface area contributed by atoms with E-state index in [0.29, 0.717) is 19.8 Å². The first kappa shape index (κ1) is 30.1. The molecule has 0 unspecified atom stereocenters. The van der Waals surface area contributed by atoms with Crippen LogP contribution in [0.2, 0.25) is 19.6 Å². The molecule has 4 rings (SSSR count). The lowest BCUT2D eigenvalue weighted by Crippen LogP contribution is -2.63. The second kappa shape index (κ2) is 14.7. The van der Waals surface area contributed by atoms with Crippen LogP contribution < -0.4 is 0 Å². The van der Waals surface area contributed by atoms with Crippen LogP contribution in [0.3, 0.4) is 0 Å². The first-order valence-electron chi connectivity index (χ1n) is 13.7. The van der Waals surface area contributed by atoms with Crippen LogP contribution in [0.1, 0.15) is 23.6 Å². The molecular formula is C32H40O7Si. The number of ether oxygens (including phenoxy) is 5. The van der Waals surface area contributed by atoms with Gasteiger partial charge in [0.25, 0.3) is 0 Å². The second-order valence-electron chi connectivity index (χ2n) is 10.9. The number of hydrogen-bond acceptors (Lipinski definition) is 7. The van der Waals surface area contributed by atoms with E-state index in [2.05, 4.69) is 19.6 Å². The Labute approximate surface area is 238 Å². The van der Waals surface area contributed by atoms with Crippen LogP contribution >= 0.6 is 0 Å². The van der Waals surface area contributed by atoms with Crippen LogP contribution in [0.4, 0.5) is 0 Å². The third-order valence-corrected chi connectivity index (χ3v) is 7.27. The summed E-state index contributed by atoms with van der Waals surface area (Å²) in [6, 6.07) is 29.7. The Morgan fingerprint density at radius 2 is 1.18 bits per heavy atom. The quantitative estimate of drug-likeness (QED) is 0.190. The highest BCUT2D eigenvalue weighted by atomic mass is 28.4. The molecule has 0 N–H and O–H groups in total. The number of carbonyl (C=O) groups excluding carboxylic acids is 1. The third kappa shape index (κ3) is 9.37. The molecule has 1 saturated heterocycles. The average molecular weight is 565 g/mol. The highest BCUT2D eigenvalue weighted by molar-refractivity contribution is 6.69. The predicted octanol–water partition coefficient (Wildman–Crippen LogP) is 5.88. The van der Waals surface area contributed by atoms with E-state index in [1.54, 1.807) is 0 Å². The fourth-order valence-electron chi connectivity index (χ4n) is 4.56. The summed E-state index contributed by atoms with van der Waals surface area (Å²) in [5.74, 6) is -0.427. The minimum atomic E-state index is -2.10. The van der Waals surface area contributed by atoms with Gasteiger partial charge in [-0.05, 0) is 36.3 Å². The van der Waals surface area contributed by atoms with Gasteiger partial charge in [-0.2, -0.15) is 0 Å². The zero-order valence-electron chi connectivity index (χ0n) is 23.7. The lowest BCUT2D eigenvalue weighted by Gasteiger charge is -2.46. The molecule has 1 aliphatic heterocycles. The molecule has 0 aromatic heterocycles. The molecule has 7 nitrogen and oxygen atoms in total. The zero-order valence-corrected chi connectivity index (χ0v) is 24.7. The Kier molecular flexibility index (Phi) is 11.1. The molecule has 3 aromatic rings. The fraction of sp³-hybridized carbons (Fsp3) is 0.406. The summed E-state index contributed by atoms with van der Waals surface area (Å²) in [6.45, 7) is 8.92. The molecule has 40 heavy (non-hydrogen) atoms. The predicted molar refractivity (Wildman–Crippen MR) is 155 cm³/mol. The monoisotopic (exact) mass is 564 g/mol. The van der Waals surface area contributed by atoms with Gasteiger partial charge >= 0.3 is 5.97 Å². The lowest BCUT2D eigenvalue weighted by molar-refractivity contribution is -0.305. The first-order chi connectivity index (χ1) is 19.3. The van der Waals surface area contributed by atoms with E-state index < -0.39 is 45.0 Å². The van der Waals surface area contributed by atoms with E-state index in [0.717, 1.165) is 16.7 Å². The molecule has 1 aliphatic rings. The summed E-state index contributed by atoms with van der Waals surface area (Å²) in [6.07, 6.45) is -3.45. The van der Waals surface area contributed by atoms with Gasteiger partial charge in [0.05, 0.1) is 26.4 Å². The van der Waals surface area contributed by atoms with Crippen molar-refractivity contribution in [3.8, 4) is 0 Å². The SMILES string of the molecule is CC(=O)O[C@H]1[C@@H](OCc2ccccc2)[C@@H](COCc2ccccc2)O[C@@H](O[Si](C)(C)C)[C@@H]1OCc1ccccc1. The van der Waals surface area contributed by atoms with E-state index in [4.69, 9.17) is 28.1 Å². The van der Waals surface area contributed by atoms with Crippen LogP contribution in [-0.2, 0) is 52.7 Å². The number of benzene rings is 3. The van der Waals surface area contributed by atoms with Crippen molar-refractivity contribution in [2.75, 3.05) is 6.61 Å². The summed E-state index contributed by atoms with van der Waals surface area (Å²) in [7, 11) is -2.10. The van der Waals surface area contributed by atoms with Crippen molar-refractivity contribution in [2.24, 2.45) is 0 Å². The van der Waals surface area contributed by atoms with Crippen molar-refractivity contribution in [2.45, 2.75) is 77.1 Å². The van der Waals surface area contributed by atoms with Crippen molar-refractivity contribution in [3.63, 3.8) is 0 Å². The smallest absolute Gasteiger partial charge is 0.303 e. The van der Waals surface area contributed by atoms with Gasteiger partial charge in [0.15, 0.2) is 20.7 Å². The topological polar surface area (TPSA) is 72.5 Å². The van der Waals surface area contributed by atoms with Crippen molar-refractivity contribution in [1.29, 1.82) is 0 Å². The van der Waals surface area contributed by atoms with E-state index >= 15 is 0 Å². The van der Waals surface area contributed by atoms with Crippen molar-refractivity contribution in [1.82, 2.24) is 0 Å². The number of rotatable bonds is 13. The van der Waals surface area contributed by atoms with Crippen LogP contribution in [0.15, 0.2) is 91.0 Å². The van der Waals surface area contributed by atoms with Gasteiger partial charge in [0.1, 0.15) is 18.3 Å². The van der Waals surface area contributed by atoms with Gasteiger partial charge in [-0.15, -0.1) is 0 Å². The van der Waals surface area contributed by atoms with Crippen LogP contribution in [0.25, 0.3) is 0 Å². The van der Waals surface area contributed by atoms with Gasteiger partial charge in [-0.1, -0.05) is 91.0 Å². The highest BCUT2D eigenvalue weighted by Gasteiger charge is 2.51. The summed E-state index contributed by atoms with van der Waals surface area (Å²) >= 11 is 0. The van der Waals surface area contributed by atoms with E-state index in [1.807, 2.05) is 91.0 Å². The average Bonchev–Trinajstić information content (AvgIpc) is 2.93. The molecule has 0 bridgehead atoms. The molecule has 214 valence electrons. The van der Waals surface area contributed by atoms with E-state index in [1.165, 1.54) is 6.92 Å². The van der Waals surface area contributed by atoms with Crippen molar-refractivity contribution >= 4 is 14.3 Å². The molecule has 1 fully saturated rings. The van der Waals surface area contributed by atoms with Crippen molar-refractivity contribution < 1.29 is 32.9 Å². The Morgan fingerprint density at radius 1 is 0.700 bits per heavy atom. The molecule has 0 spiro atoms. The van der Waals surface area contributed by atoms with Gasteiger partial charge < -0.3 is 28.1 Å². The van der Waals surface area contributed by atoms with Crippen LogP contribution in [0, 0.1) is 0 Å². The molecule has 3 aromatic carbocycles. The maximum absolute atomic E-state index is 12.4. The minimum Gasteiger partial charge on any atom is -0.457 e. The third-order valence-electron chi connectivity index (χ3n) is 6.33. The fourth-order valence-corrected chi connectivity index (χ4v) is 5.45. The second-order valence-corrected chi connectivity index (χ2v) is 15.3. The molecule has 0 amide bonds. The van der Waals surface area contributed by atoms with Gasteiger partial charge in [-0.3, -0.25) is 4.79 Å². The summed E-state index contributed by atoms with van der Waals surface area (Å²) < 4.78 is 38.0. The number of carbonyl (C=O) groups is 1. The lowest BCUT2D eigenvalue weighted by atomic mass is 9.98. The molecule has 0 aliphatic carbocycles. The zero-order chi connectivity index (χ0) is 28.4. The Morgan fingerprint density at radius 3 is 1.65 bits per heavy atom. The number of esters is 1. The van der Waals surface area contributed by atoms with Crippen LogP contribution in [-0.4, -0.2) is 51.6 Å². The van der Waals surface area contributed by atoms with Gasteiger partial charge in [0.2, 0.25) is 0 Å². The van der Waals surface area contributed by atoms with Gasteiger partial charge in [0, 0.05) is 6.92 Å². The Bertz CT molecular complexity index is 1150. The minimum absolute atomic E-state index is 0.225. The van der Waals surface area contributed by atoms with Gasteiger partial charge in [-0.25, -0.2) is 0 Å². The molecule has 8 heteroatoms. The van der Waals surface area contributed by atoms with Crippen LogP contribution in [0.5, 0.6) is 0 Å². The summed E-state index contributed by atoms with van der Waals surface area (Å²) in [5, 5.41) is 0.